The highest BCUT2D eigenvalue weighted by atomic mass is 16.5. The summed E-state index contributed by atoms with van der Waals surface area (Å²) in [6.07, 6.45) is 6.48. The summed E-state index contributed by atoms with van der Waals surface area (Å²) >= 11 is 0. The van der Waals surface area contributed by atoms with E-state index in [9.17, 15) is 14.4 Å². The number of fused-ring (bicyclic) bond motifs is 5. The van der Waals surface area contributed by atoms with Crippen LogP contribution in [0.25, 0.3) is 0 Å². The summed E-state index contributed by atoms with van der Waals surface area (Å²) in [5.41, 5.74) is 2.49. The van der Waals surface area contributed by atoms with Gasteiger partial charge in [-0.15, -0.1) is 0 Å². The molecule has 2 aliphatic carbocycles. The molecule has 32 heavy (non-hydrogen) atoms. The molecular weight excluding hydrogens is 406 g/mol. The van der Waals surface area contributed by atoms with Crippen molar-refractivity contribution in [3.8, 4) is 5.75 Å². The largest absolute Gasteiger partial charge is 0.484 e. The van der Waals surface area contributed by atoms with E-state index in [0.29, 0.717) is 17.0 Å². The van der Waals surface area contributed by atoms with E-state index >= 15 is 0 Å². The number of hydrogen-bond acceptors (Lipinski definition) is 5. The number of anilines is 1. The molecule has 1 saturated carbocycles. The molecule has 0 unspecified atom stereocenters. The molecule has 2 aromatic carbocycles. The molecule has 1 saturated heterocycles. The van der Waals surface area contributed by atoms with Crippen LogP contribution in [0.2, 0.25) is 0 Å². The Morgan fingerprint density at radius 1 is 1.09 bits per heavy atom. The smallest absolute Gasteiger partial charge is 0.262 e. The highest BCUT2D eigenvalue weighted by Crippen LogP contribution is 2.52. The topological polar surface area (TPSA) is 88.1 Å². The van der Waals surface area contributed by atoms with E-state index in [2.05, 4.69) is 22.6 Å². The Balaban J connectivity index is 1.20. The van der Waals surface area contributed by atoms with Crippen molar-refractivity contribution in [3.63, 3.8) is 0 Å². The predicted octanol–water partition coefficient (Wildman–Crippen LogP) is 3.15. The van der Waals surface area contributed by atoms with Crippen LogP contribution >= 0.6 is 0 Å². The van der Waals surface area contributed by atoms with Gasteiger partial charge in [-0.2, -0.15) is 10.1 Å². The van der Waals surface area contributed by atoms with Gasteiger partial charge < -0.3 is 10.1 Å². The number of amides is 3. The lowest BCUT2D eigenvalue weighted by Gasteiger charge is -2.13. The summed E-state index contributed by atoms with van der Waals surface area (Å²) in [7, 11) is 0. The lowest BCUT2D eigenvalue weighted by Crippen LogP contribution is -2.28. The molecule has 0 radical (unpaired) electrons. The average molecular weight is 429 g/mol. The van der Waals surface area contributed by atoms with Crippen molar-refractivity contribution in [1.82, 2.24) is 5.01 Å². The molecule has 2 aromatic rings. The van der Waals surface area contributed by atoms with Crippen LogP contribution in [0.5, 0.6) is 5.75 Å². The minimum Gasteiger partial charge on any atom is -0.484 e. The zero-order valence-corrected chi connectivity index (χ0v) is 17.6. The highest BCUT2D eigenvalue weighted by molar-refractivity contribution is 6.06. The number of hydrogen-bond donors (Lipinski definition) is 1. The normalized spacial score (nSPS) is 25.6. The highest BCUT2D eigenvalue weighted by Gasteiger charge is 2.59. The number of carbonyl (C=O) groups is 3. The number of aryl methyl sites for hydroxylation is 1. The number of hydrazone groups is 1. The lowest BCUT2D eigenvalue weighted by atomic mass is 9.85. The van der Waals surface area contributed by atoms with E-state index in [1.54, 1.807) is 24.3 Å². The second kappa shape index (κ2) is 8.07. The molecule has 4 atom stereocenters. The van der Waals surface area contributed by atoms with Crippen molar-refractivity contribution >= 4 is 29.6 Å². The number of benzene rings is 2. The predicted molar refractivity (Wildman–Crippen MR) is 119 cm³/mol. The first-order valence-electron chi connectivity index (χ1n) is 10.7. The maximum atomic E-state index is 12.7. The number of allylic oxidation sites excluding steroid dienone is 2. The third-order valence-corrected chi connectivity index (χ3v) is 6.33. The van der Waals surface area contributed by atoms with E-state index in [0.717, 1.165) is 17.0 Å². The van der Waals surface area contributed by atoms with Crippen molar-refractivity contribution in [2.75, 3.05) is 11.9 Å². The molecule has 1 aliphatic heterocycles. The van der Waals surface area contributed by atoms with Gasteiger partial charge in [-0.3, -0.25) is 14.4 Å². The number of ether oxygens (including phenoxy) is 1. The van der Waals surface area contributed by atoms with Gasteiger partial charge in [0.2, 0.25) is 0 Å². The van der Waals surface area contributed by atoms with Crippen molar-refractivity contribution in [2.45, 2.75) is 13.3 Å². The van der Waals surface area contributed by atoms with Crippen molar-refractivity contribution in [1.29, 1.82) is 0 Å². The van der Waals surface area contributed by atoms with E-state index in [1.165, 1.54) is 6.21 Å². The van der Waals surface area contributed by atoms with Gasteiger partial charge in [0.1, 0.15) is 5.75 Å². The van der Waals surface area contributed by atoms with Crippen LogP contribution in [0, 0.1) is 30.6 Å². The third-order valence-electron chi connectivity index (χ3n) is 6.33. The molecule has 2 bridgehead atoms. The van der Waals surface area contributed by atoms with Crippen LogP contribution in [-0.2, 0) is 14.4 Å². The molecule has 3 aliphatic rings. The molecule has 7 nitrogen and oxygen atoms in total. The first-order valence-corrected chi connectivity index (χ1v) is 10.7. The molecule has 5 rings (SSSR count). The second-order valence-corrected chi connectivity index (χ2v) is 8.51. The maximum absolute atomic E-state index is 12.7. The number of rotatable bonds is 6. The molecule has 0 spiro atoms. The average Bonchev–Trinajstić information content (AvgIpc) is 3.47. The van der Waals surface area contributed by atoms with Gasteiger partial charge in [0.05, 0.1) is 18.1 Å². The lowest BCUT2D eigenvalue weighted by molar-refractivity contribution is -0.140. The fourth-order valence-electron chi connectivity index (χ4n) is 4.79. The van der Waals surface area contributed by atoms with Crippen LogP contribution in [-0.4, -0.2) is 35.6 Å². The Morgan fingerprint density at radius 3 is 2.47 bits per heavy atom. The van der Waals surface area contributed by atoms with Crippen LogP contribution in [0.1, 0.15) is 17.5 Å². The second-order valence-electron chi connectivity index (χ2n) is 8.51. The van der Waals surface area contributed by atoms with Crippen LogP contribution in [0.3, 0.4) is 0 Å². The first-order chi connectivity index (χ1) is 15.5. The zero-order valence-electron chi connectivity index (χ0n) is 17.6. The van der Waals surface area contributed by atoms with Crippen LogP contribution in [0.4, 0.5) is 5.69 Å². The van der Waals surface area contributed by atoms with E-state index in [4.69, 9.17) is 4.74 Å². The van der Waals surface area contributed by atoms with Gasteiger partial charge in [-0.25, -0.2) is 0 Å². The summed E-state index contributed by atoms with van der Waals surface area (Å²) in [6.45, 7) is 1.84. The fraction of sp³-hybridized carbons (Fsp3) is 0.280. The van der Waals surface area contributed by atoms with Crippen molar-refractivity contribution in [3.05, 3.63) is 71.8 Å². The number of imide groups is 1. The van der Waals surface area contributed by atoms with Crippen molar-refractivity contribution < 1.29 is 19.1 Å². The third kappa shape index (κ3) is 3.70. The molecule has 1 N–H and O–H groups in total. The summed E-state index contributed by atoms with van der Waals surface area (Å²) in [5.74, 6) is -0.426. The quantitative estimate of drug-likeness (QED) is 0.434. The summed E-state index contributed by atoms with van der Waals surface area (Å²) < 4.78 is 5.59. The van der Waals surface area contributed by atoms with E-state index in [1.807, 2.05) is 31.2 Å². The Bertz CT molecular complexity index is 1110. The minimum atomic E-state index is -0.268. The summed E-state index contributed by atoms with van der Waals surface area (Å²) in [5, 5.41) is 7.98. The molecule has 162 valence electrons. The van der Waals surface area contributed by atoms with Gasteiger partial charge in [0.15, 0.2) is 6.61 Å². The van der Waals surface area contributed by atoms with Crippen LogP contribution in [0.15, 0.2) is 65.8 Å². The van der Waals surface area contributed by atoms with Gasteiger partial charge in [0, 0.05) is 5.69 Å². The zero-order chi connectivity index (χ0) is 22.2. The SMILES string of the molecule is Cc1ccc(NC(=O)COc2cccc(C=NN3C(=O)[C@@H]4[C@H](C3=O)[C@H]3C=C[C@H]4C3)c2)cc1. The van der Waals surface area contributed by atoms with Crippen molar-refractivity contribution in [2.24, 2.45) is 28.8 Å². The number of nitrogens with one attached hydrogen (secondary N) is 1. The van der Waals surface area contributed by atoms with Gasteiger partial charge >= 0.3 is 0 Å². The molecule has 0 aromatic heterocycles. The molecular formula is C25H23N3O4. The van der Waals surface area contributed by atoms with Gasteiger partial charge in [0.25, 0.3) is 17.7 Å². The Morgan fingerprint density at radius 2 is 1.78 bits per heavy atom. The number of carbonyl (C=O) groups excluding carboxylic acids is 3. The van der Waals surface area contributed by atoms with Crippen LogP contribution < -0.4 is 10.1 Å². The fourth-order valence-corrected chi connectivity index (χ4v) is 4.79. The monoisotopic (exact) mass is 429 g/mol. The Labute approximate surface area is 185 Å². The van der Waals surface area contributed by atoms with E-state index in [-0.39, 0.29) is 48.0 Å². The molecule has 3 amide bonds. The summed E-state index contributed by atoms with van der Waals surface area (Å²) in [4.78, 5) is 37.6. The molecule has 1 heterocycles. The Hall–Kier alpha value is -3.74. The standard InChI is InChI=1S/C25H23N3O4/c1-15-5-9-19(10-6-15)27-21(29)14-32-20-4-2-3-16(11-20)13-26-28-24(30)22-17-7-8-18(12-17)23(22)25(28)31/h2-11,13,17-18,22-23H,12,14H2,1H3,(H,27,29)/t17-,18-,22-,23+/m0/s1. The van der Waals surface area contributed by atoms with E-state index < -0.39 is 0 Å². The van der Waals surface area contributed by atoms with Gasteiger partial charge in [-0.05, 0) is 55.0 Å². The molecule has 2 fully saturated rings. The molecule has 7 heteroatoms. The number of nitrogens with zero attached hydrogens (tertiary/aromatic N) is 2. The Kier molecular flexibility index (Phi) is 5.09. The van der Waals surface area contributed by atoms with Gasteiger partial charge in [-0.1, -0.05) is 42.0 Å². The minimum absolute atomic E-state index is 0.142. The first kappa shape index (κ1) is 20.2. The maximum Gasteiger partial charge on any atom is 0.262 e. The summed E-state index contributed by atoms with van der Waals surface area (Å²) in [6, 6.07) is 14.5.